The zero-order valence-corrected chi connectivity index (χ0v) is 10.5. The van der Waals surface area contributed by atoms with Crippen molar-refractivity contribution in [1.29, 1.82) is 5.26 Å². The Labute approximate surface area is 108 Å². The molecule has 0 amide bonds. The standard InChI is InChI=1S/C11H10F3N3OS/c12-11(13,14)10-4-3-8(6-16-10)9-2-1-5-19(9,18)17-7-15/h3-4,6,9H,1-2,5H2. The van der Waals surface area contributed by atoms with E-state index in [-0.39, 0.29) is 0 Å². The molecule has 102 valence electrons. The van der Waals surface area contributed by atoms with Gasteiger partial charge in [-0.1, -0.05) is 6.07 Å². The average Bonchev–Trinajstić information content (AvgIpc) is 2.70. The van der Waals surface area contributed by atoms with Gasteiger partial charge < -0.3 is 0 Å². The number of rotatable bonds is 1. The molecule has 0 bridgehead atoms. The first-order valence-electron chi connectivity index (χ1n) is 5.52. The van der Waals surface area contributed by atoms with Crippen molar-refractivity contribution in [3.8, 4) is 6.19 Å². The monoisotopic (exact) mass is 289 g/mol. The Morgan fingerprint density at radius 1 is 1.47 bits per heavy atom. The van der Waals surface area contributed by atoms with Gasteiger partial charge in [0, 0.05) is 11.9 Å². The molecular formula is C11H10F3N3OS. The van der Waals surface area contributed by atoms with Crippen LogP contribution < -0.4 is 0 Å². The van der Waals surface area contributed by atoms with E-state index in [1.165, 1.54) is 12.3 Å². The zero-order valence-electron chi connectivity index (χ0n) is 9.72. The summed E-state index contributed by atoms with van der Waals surface area (Å²) >= 11 is 0. The summed E-state index contributed by atoms with van der Waals surface area (Å²) < 4.78 is 53.0. The molecule has 2 unspecified atom stereocenters. The van der Waals surface area contributed by atoms with E-state index in [0.717, 1.165) is 12.3 Å². The van der Waals surface area contributed by atoms with Crippen molar-refractivity contribution in [3.05, 3.63) is 29.6 Å². The molecular weight excluding hydrogens is 279 g/mol. The third-order valence-electron chi connectivity index (χ3n) is 2.99. The molecule has 1 aliphatic heterocycles. The lowest BCUT2D eigenvalue weighted by molar-refractivity contribution is -0.141. The lowest BCUT2D eigenvalue weighted by atomic mass is 10.1. The fourth-order valence-corrected chi connectivity index (χ4v) is 4.44. The quantitative estimate of drug-likeness (QED) is 0.747. The summed E-state index contributed by atoms with van der Waals surface area (Å²) in [5.74, 6) is 0.298. The van der Waals surface area contributed by atoms with Crippen molar-refractivity contribution in [2.45, 2.75) is 24.3 Å². The van der Waals surface area contributed by atoms with E-state index in [1.807, 2.05) is 0 Å². The van der Waals surface area contributed by atoms with E-state index in [2.05, 4.69) is 9.35 Å². The summed E-state index contributed by atoms with van der Waals surface area (Å²) in [6, 6.07) is 2.12. The number of pyridine rings is 1. The molecule has 2 heterocycles. The van der Waals surface area contributed by atoms with Crippen LogP contribution in [0.3, 0.4) is 0 Å². The third kappa shape index (κ3) is 2.71. The minimum absolute atomic E-state index is 0.298. The van der Waals surface area contributed by atoms with Crippen LogP contribution in [0.1, 0.15) is 29.3 Å². The molecule has 0 aromatic carbocycles. The van der Waals surface area contributed by atoms with E-state index in [9.17, 15) is 17.4 Å². The van der Waals surface area contributed by atoms with Gasteiger partial charge in [-0.05, 0) is 24.5 Å². The highest BCUT2D eigenvalue weighted by Gasteiger charge is 2.34. The fraction of sp³-hybridized carbons (Fsp3) is 0.455. The molecule has 0 radical (unpaired) electrons. The Morgan fingerprint density at radius 3 is 2.74 bits per heavy atom. The van der Waals surface area contributed by atoms with E-state index in [4.69, 9.17) is 5.26 Å². The number of halogens is 3. The van der Waals surface area contributed by atoms with Gasteiger partial charge in [-0.15, -0.1) is 4.36 Å². The zero-order chi connectivity index (χ0) is 14.1. The maximum atomic E-state index is 12.4. The molecule has 0 aliphatic carbocycles. The summed E-state index contributed by atoms with van der Waals surface area (Å²) in [5, 5.41) is 8.04. The van der Waals surface area contributed by atoms with E-state index in [1.54, 1.807) is 0 Å². The fourth-order valence-electron chi connectivity index (χ4n) is 2.12. The van der Waals surface area contributed by atoms with Crippen LogP contribution in [0.25, 0.3) is 0 Å². The summed E-state index contributed by atoms with van der Waals surface area (Å²) in [6.45, 7) is 0. The second-order valence-electron chi connectivity index (χ2n) is 4.19. The summed E-state index contributed by atoms with van der Waals surface area (Å²) in [5.41, 5.74) is -0.549. The van der Waals surface area contributed by atoms with Crippen LogP contribution in [0.4, 0.5) is 13.2 Å². The van der Waals surface area contributed by atoms with Gasteiger partial charge in [0.1, 0.15) is 5.69 Å². The molecule has 8 heteroatoms. The number of nitriles is 1. The number of hydrogen-bond donors (Lipinski definition) is 0. The third-order valence-corrected chi connectivity index (χ3v) is 5.65. The molecule has 0 saturated carbocycles. The van der Waals surface area contributed by atoms with Crippen molar-refractivity contribution in [3.63, 3.8) is 0 Å². The molecule has 4 nitrogen and oxygen atoms in total. The highest BCUT2D eigenvalue weighted by molar-refractivity contribution is 7.94. The van der Waals surface area contributed by atoms with Gasteiger partial charge in [-0.2, -0.15) is 18.4 Å². The Bertz CT molecular complexity index is 624. The van der Waals surface area contributed by atoms with Crippen LogP contribution in [0.5, 0.6) is 0 Å². The molecule has 1 aromatic heterocycles. The molecule has 2 rings (SSSR count). The minimum Gasteiger partial charge on any atom is -0.251 e. The first-order chi connectivity index (χ1) is 8.87. The second kappa shape index (κ2) is 4.81. The Kier molecular flexibility index (Phi) is 3.49. The van der Waals surface area contributed by atoms with Crippen LogP contribution >= 0.6 is 0 Å². The number of aromatic nitrogens is 1. The number of alkyl halides is 3. The minimum atomic E-state index is -4.49. The maximum Gasteiger partial charge on any atom is 0.433 e. The van der Waals surface area contributed by atoms with Gasteiger partial charge in [0.2, 0.25) is 6.19 Å². The first kappa shape index (κ1) is 13.8. The van der Waals surface area contributed by atoms with Crippen molar-refractivity contribution < 1.29 is 17.4 Å². The molecule has 1 aliphatic rings. The Balaban J connectivity index is 2.37. The number of nitrogens with zero attached hydrogens (tertiary/aromatic N) is 3. The lowest BCUT2D eigenvalue weighted by Gasteiger charge is -2.13. The topological polar surface area (TPSA) is 66.1 Å². The van der Waals surface area contributed by atoms with Crippen LogP contribution in [-0.4, -0.2) is 14.9 Å². The molecule has 2 atom stereocenters. The van der Waals surface area contributed by atoms with E-state index >= 15 is 0 Å². The smallest absolute Gasteiger partial charge is 0.251 e. The maximum absolute atomic E-state index is 12.4. The molecule has 19 heavy (non-hydrogen) atoms. The van der Waals surface area contributed by atoms with Crippen LogP contribution in [0.15, 0.2) is 22.7 Å². The van der Waals surface area contributed by atoms with Gasteiger partial charge in [0.25, 0.3) is 0 Å². The Hall–Kier alpha value is -1.62. The van der Waals surface area contributed by atoms with Crippen LogP contribution in [0.2, 0.25) is 0 Å². The SMILES string of the molecule is N#CN=S1(=O)CCCC1c1ccc(C(F)(F)F)nc1. The largest absolute Gasteiger partial charge is 0.433 e. The van der Waals surface area contributed by atoms with Crippen molar-refractivity contribution in [1.82, 2.24) is 4.98 Å². The predicted molar refractivity (Wildman–Crippen MR) is 62.3 cm³/mol. The van der Waals surface area contributed by atoms with Gasteiger partial charge in [-0.3, -0.25) is 4.98 Å². The lowest BCUT2D eigenvalue weighted by Crippen LogP contribution is -2.11. The van der Waals surface area contributed by atoms with Crippen molar-refractivity contribution in [2.24, 2.45) is 4.36 Å². The summed E-state index contributed by atoms with van der Waals surface area (Å²) in [4.78, 5) is 3.35. The van der Waals surface area contributed by atoms with Gasteiger partial charge in [0.05, 0.1) is 15.0 Å². The first-order valence-corrected chi connectivity index (χ1v) is 7.26. The van der Waals surface area contributed by atoms with Crippen molar-refractivity contribution in [2.75, 3.05) is 5.75 Å². The van der Waals surface area contributed by atoms with Gasteiger partial charge in [0.15, 0.2) is 0 Å². The summed E-state index contributed by atoms with van der Waals surface area (Å²) in [7, 11) is -2.70. The normalized spacial score (nSPS) is 26.9. The predicted octanol–water partition coefficient (Wildman–Crippen LogP) is 2.88. The highest BCUT2D eigenvalue weighted by Crippen LogP contribution is 2.37. The molecule has 0 N–H and O–H groups in total. The summed E-state index contributed by atoms with van der Waals surface area (Å²) in [6.07, 6.45) is -0.711. The van der Waals surface area contributed by atoms with Gasteiger partial charge in [-0.25, -0.2) is 4.21 Å². The Morgan fingerprint density at radius 2 is 2.21 bits per heavy atom. The van der Waals surface area contributed by atoms with Crippen molar-refractivity contribution >= 4 is 9.73 Å². The average molecular weight is 289 g/mol. The van der Waals surface area contributed by atoms with E-state index < -0.39 is 26.8 Å². The highest BCUT2D eigenvalue weighted by atomic mass is 32.2. The molecule has 0 spiro atoms. The van der Waals surface area contributed by atoms with Crippen LogP contribution in [0, 0.1) is 11.5 Å². The number of hydrogen-bond acceptors (Lipinski definition) is 4. The van der Waals surface area contributed by atoms with Crippen LogP contribution in [-0.2, 0) is 15.9 Å². The molecule has 1 saturated heterocycles. The van der Waals surface area contributed by atoms with Gasteiger partial charge >= 0.3 is 6.18 Å². The second-order valence-corrected chi connectivity index (χ2v) is 6.73. The molecule has 1 aromatic rings. The molecule has 1 fully saturated rings. The van der Waals surface area contributed by atoms with E-state index in [0.29, 0.717) is 24.2 Å².